The monoisotopic (exact) mass is 277 g/mol. The second-order valence-electron chi connectivity index (χ2n) is 6.24. The lowest BCUT2D eigenvalue weighted by molar-refractivity contribution is 0.0653. The van der Waals surface area contributed by atoms with E-state index in [0.29, 0.717) is 18.6 Å². The quantitative estimate of drug-likeness (QED) is 0.682. The van der Waals surface area contributed by atoms with Gasteiger partial charge in [-0.2, -0.15) is 0 Å². The number of hydrogen-bond acceptors (Lipinski definition) is 3. The van der Waals surface area contributed by atoms with Crippen LogP contribution in [0.25, 0.3) is 0 Å². The summed E-state index contributed by atoms with van der Waals surface area (Å²) >= 11 is 0. The SMILES string of the molecule is CC(C)COCCC(CO)(NC1CC1)c1ccccc1. The third kappa shape index (κ3) is 4.30. The number of rotatable bonds is 9. The summed E-state index contributed by atoms with van der Waals surface area (Å²) < 4.78 is 5.72. The maximum absolute atomic E-state index is 10.00. The molecule has 3 heteroatoms. The Hall–Kier alpha value is -0.900. The van der Waals surface area contributed by atoms with Gasteiger partial charge in [0.05, 0.1) is 12.1 Å². The van der Waals surface area contributed by atoms with Gasteiger partial charge in [0.25, 0.3) is 0 Å². The molecule has 1 atom stereocenters. The van der Waals surface area contributed by atoms with E-state index in [2.05, 4.69) is 31.3 Å². The van der Waals surface area contributed by atoms with Crippen LogP contribution >= 0.6 is 0 Å². The first-order chi connectivity index (χ1) is 9.66. The third-order valence-electron chi connectivity index (χ3n) is 3.78. The average Bonchev–Trinajstić information content (AvgIpc) is 3.27. The molecule has 0 heterocycles. The van der Waals surface area contributed by atoms with Crippen molar-refractivity contribution in [1.29, 1.82) is 0 Å². The maximum Gasteiger partial charge on any atom is 0.0693 e. The fraction of sp³-hybridized carbons (Fsp3) is 0.647. The van der Waals surface area contributed by atoms with Crippen LogP contribution in [0.4, 0.5) is 0 Å². The second-order valence-corrected chi connectivity index (χ2v) is 6.24. The molecule has 3 nitrogen and oxygen atoms in total. The minimum absolute atomic E-state index is 0.110. The van der Waals surface area contributed by atoms with E-state index in [4.69, 9.17) is 4.74 Å². The van der Waals surface area contributed by atoms with Crippen molar-refractivity contribution >= 4 is 0 Å². The Morgan fingerprint density at radius 2 is 2.00 bits per heavy atom. The fourth-order valence-electron chi connectivity index (χ4n) is 2.46. The van der Waals surface area contributed by atoms with Gasteiger partial charge in [-0.05, 0) is 30.7 Å². The van der Waals surface area contributed by atoms with Gasteiger partial charge in [0.2, 0.25) is 0 Å². The number of nitrogens with one attached hydrogen (secondary N) is 1. The molecule has 1 aromatic carbocycles. The van der Waals surface area contributed by atoms with Gasteiger partial charge < -0.3 is 15.2 Å². The van der Waals surface area contributed by atoms with Crippen LogP contribution in [0.15, 0.2) is 30.3 Å². The predicted molar refractivity (Wildman–Crippen MR) is 81.6 cm³/mol. The van der Waals surface area contributed by atoms with Crippen molar-refractivity contribution in [2.45, 2.75) is 44.7 Å². The summed E-state index contributed by atoms with van der Waals surface area (Å²) in [6.45, 7) is 5.86. The highest BCUT2D eigenvalue weighted by atomic mass is 16.5. The maximum atomic E-state index is 10.00. The summed E-state index contributed by atoms with van der Waals surface area (Å²) in [4.78, 5) is 0. The summed E-state index contributed by atoms with van der Waals surface area (Å²) in [6.07, 6.45) is 3.22. The average molecular weight is 277 g/mol. The zero-order chi connectivity index (χ0) is 14.4. The molecule has 0 saturated heterocycles. The normalized spacial score (nSPS) is 18.2. The third-order valence-corrected chi connectivity index (χ3v) is 3.78. The Morgan fingerprint density at radius 3 is 2.55 bits per heavy atom. The van der Waals surface area contributed by atoms with Crippen LogP contribution in [0.1, 0.15) is 38.7 Å². The van der Waals surface area contributed by atoms with Crippen molar-refractivity contribution < 1.29 is 9.84 Å². The van der Waals surface area contributed by atoms with Crippen LogP contribution < -0.4 is 5.32 Å². The van der Waals surface area contributed by atoms with E-state index < -0.39 is 0 Å². The van der Waals surface area contributed by atoms with Gasteiger partial charge in [0.1, 0.15) is 0 Å². The van der Waals surface area contributed by atoms with Crippen LogP contribution in [0.2, 0.25) is 0 Å². The first-order valence-electron chi connectivity index (χ1n) is 7.68. The lowest BCUT2D eigenvalue weighted by Gasteiger charge is -2.34. The van der Waals surface area contributed by atoms with Gasteiger partial charge in [-0.1, -0.05) is 44.2 Å². The Morgan fingerprint density at radius 1 is 1.30 bits per heavy atom. The molecule has 0 aliphatic heterocycles. The van der Waals surface area contributed by atoms with Crippen LogP contribution in [-0.4, -0.2) is 31.0 Å². The summed E-state index contributed by atoms with van der Waals surface area (Å²) in [5.74, 6) is 0.548. The zero-order valence-corrected chi connectivity index (χ0v) is 12.6. The van der Waals surface area contributed by atoms with Crippen molar-refractivity contribution in [2.24, 2.45) is 5.92 Å². The molecule has 1 unspecified atom stereocenters. The molecule has 20 heavy (non-hydrogen) atoms. The van der Waals surface area contributed by atoms with Crippen molar-refractivity contribution in [2.75, 3.05) is 19.8 Å². The molecular formula is C17H27NO2. The van der Waals surface area contributed by atoms with Crippen molar-refractivity contribution in [3.63, 3.8) is 0 Å². The van der Waals surface area contributed by atoms with E-state index >= 15 is 0 Å². The lowest BCUT2D eigenvalue weighted by Crippen LogP contribution is -2.47. The topological polar surface area (TPSA) is 41.5 Å². The number of benzene rings is 1. The van der Waals surface area contributed by atoms with Gasteiger partial charge in [0.15, 0.2) is 0 Å². The lowest BCUT2D eigenvalue weighted by atomic mass is 9.87. The van der Waals surface area contributed by atoms with E-state index in [-0.39, 0.29) is 12.1 Å². The molecule has 0 radical (unpaired) electrons. The van der Waals surface area contributed by atoms with E-state index in [1.54, 1.807) is 0 Å². The molecule has 2 rings (SSSR count). The summed E-state index contributed by atoms with van der Waals surface area (Å²) in [6, 6.07) is 10.8. The molecule has 1 fully saturated rings. The highest BCUT2D eigenvalue weighted by Gasteiger charge is 2.36. The molecule has 0 aromatic heterocycles. The number of aliphatic hydroxyl groups excluding tert-OH is 1. The van der Waals surface area contributed by atoms with Gasteiger partial charge in [-0.15, -0.1) is 0 Å². The zero-order valence-electron chi connectivity index (χ0n) is 12.6. The predicted octanol–water partition coefficient (Wildman–Crippen LogP) is 2.69. The molecule has 0 spiro atoms. The molecule has 1 aliphatic carbocycles. The molecule has 2 N–H and O–H groups in total. The van der Waals surface area contributed by atoms with Crippen molar-refractivity contribution in [3.05, 3.63) is 35.9 Å². The molecule has 0 amide bonds. The van der Waals surface area contributed by atoms with Crippen LogP contribution in [0.5, 0.6) is 0 Å². The molecule has 112 valence electrons. The molecular weight excluding hydrogens is 250 g/mol. The number of aliphatic hydroxyl groups is 1. The molecule has 1 saturated carbocycles. The van der Waals surface area contributed by atoms with E-state index in [9.17, 15) is 5.11 Å². The largest absolute Gasteiger partial charge is 0.394 e. The standard InChI is InChI=1S/C17H27NO2/c1-14(2)12-20-11-10-17(13-19,18-16-8-9-16)15-6-4-3-5-7-15/h3-7,14,16,18-19H,8-13H2,1-2H3. The Bertz CT molecular complexity index is 389. The first-order valence-corrected chi connectivity index (χ1v) is 7.68. The van der Waals surface area contributed by atoms with Crippen molar-refractivity contribution in [3.8, 4) is 0 Å². The van der Waals surface area contributed by atoms with Crippen LogP contribution in [0, 0.1) is 5.92 Å². The van der Waals surface area contributed by atoms with E-state index in [1.807, 2.05) is 18.2 Å². The van der Waals surface area contributed by atoms with Gasteiger partial charge in [-0.25, -0.2) is 0 Å². The van der Waals surface area contributed by atoms with E-state index in [0.717, 1.165) is 18.6 Å². The van der Waals surface area contributed by atoms with Gasteiger partial charge in [-0.3, -0.25) is 0 Å². The summed E-state index contributed by atoms with van der Waals surface area (Å²) in [7, 11) is 0. The van der Waals surface area contributed by atoms with Gasteiger partial charge in [0, 0.05) is 19.3 Å². The van der Waals surface area contributed by atoms with Crippen LogP contribution in [-0.2, 0) is 10.3 Å². The second kappa shape index (κ2) is 7.21. The van der Waals surface area contributed by atoms with Gasteiger partial charge >= 0.3 is 0 Å². The minimum atomic E-state index is -0.362. The Labute approximate surface area is 122 Å². The smallest absolute Gasteiger partial charge is 0.0693 e. The van der Waals surface area contributed by atoms with Crippen molar-refractivity contribution in [1.82, 2.24) is 5.32 Å². The Balaban J connectivity index is 2.02. The molecule has 1 aromatic rings. The fourth-order valence-corrected chi connectivity index (χ4v) is 2.46. The number of hydrogen-bond donors (Lipinski definition) is 2. The number of ether oxygens (including phenoxy) is 1. The highest BCUT2D eigenvalue weighted by molar-refractivity contribution is 5.25. The Kier molecular flexibility index (Phi) is 5.58. The summed E-state index contributed by atoms with van der Waals surface area (Å²) in [5.41, 5.74) is 0.793. The highest BCUT2D eigenvalue weighted by Crippen LogP contribution is 2.31. The minimum Gasteiger partial charge on any atom is -0.394 e. The molecule has 0 bridgehead atoms. The first kappa shape index (κ1) is 15.5. The molecule has 1 aliphatic rings. The van der Waals surface area contributed by atoms with Crippen LogP contribution in [0.3, 0.4) is 0 Å². The summed E-state index contributed by atoms with van der Waals surface area (Å²) in [5, 5.41) is 13.6. The van der Waals surface area contributed by atoms with E-state index in [1.165, 1.54) is 12.8 Å².